The van der Waals surface area contributed by atoms with Crippen molar-refractivity contribution < 1.29 is 9.21 Å². The van der Waals surface area contributed by atoms with Gasteiger partial charge in [-0.15, -0.1) is 0 Å². The van der Waals surface area contributed by atoms with Crippen LogP contribution in [0.15, 0.2) is 16.9 Å². The van der Waals surface area contributed by atoms with Crippen molar-refractivity contribution in [2.24, 2.45) is 7.05 Å². The number of nitrogens with zero attached hydrogens (tertiary/aromatic N) is 3. The lowest BCUT2D eigenvalue weighted by Crippen LogP contribution is -2.17. The second kappa shape index (κ2) is 3.69. The van der Waals surface area contributed by atoms with E-state index in [-0.39, 0.29) is 11.7 Å². The molecule has 2 aromatic heterocycles. The number of nitrogen functional groups attached to an aromatic ring is 1. The fourth-order valence-corrected chi connectivity index (χ4v) is 1.30. The minimum Gasteiger partial charge on any atom is -0.432 e. The molecule has 0 spiro atoms. The Morgan fingerprint density at radius 3 is 2.88 bits per heavy atom. The van der Waals surface area contributed by atoms with Crippen LogP contribution >= 0.6 is 0 Å². The van der Waals surface area contributed by atoms with Gasteiger partial charge in [-0.05, 0) is 6.92 Å². The Bertz CT molecular complexity index is 508. The van der Waals surface area contributed by atoms with Crippen LogP contribution in [-0.4, -0.2) is 20.7 Å². The van der Waals surface area contributed by atoms with E-state index in [1.807, 2.05) is 0 Å². The van der Waals surface area contributed by atoms with E-state index in [4.69, 9.17) is 10.2 Å². The van der Waals surface area contributed by atoms with E-state index in [2.05, 4.69) is 15.4 Å². The van der Waals surface area contributed by atoms with Gasteiger partial charge in [-0.1, -0.05) is 0 Å². The van der Waals surface area contributed by atoms with Gasteiger partial charge in [0.1, 0.15) is 12.0 Å². The minimum atomic E-state index is -0.403. The molecule has 0 fully saturated rings. The van der Waals surface area contributed by atoms with Gasteiger partial charge < -0.3 is 10.2 Å². The second-order valence-corrected chi connectivity index (χ2v) is 3.32. The average Bonchev–Trinajstić information content (AvgIpc) is 2.74. The van der Waals surface area contributed by atoms with E-state index < -0.39 is 5.91 Å². The summed E-state index contributed by atoms with van der Waals surface area (Å²) in [5, 5.41) is 6.35. The second-order valence-electron chi connectivity index (χ2n) is 3.32. The smallest absolute Gasteiger partial charge is 0.301 e. The molecule has 0 unspecified atom stereocenters. The summed E-state index contributed by atoms with van der Waals surface area (Å²) in [5.74, 6) is -0.403. The van der Waals surface area contributed by atoms with Gasteiger partial charge in [-0.2, -0.15) is 10.1 Å². The Hall–Kier alpha value is -2.31. The molecule has 0 aromatic carbocycles. The van der Waals surface area contributed by atoms with Crippen LogP contribution in [0.25, 0.3) is 0 Å². The predicted molar refractivity (Wildman–Crippen MR) is 56.8 cm³/mol. The van der Waals surface area contributed by atoms with Crippen molar-refractivity contribution in [2.45, 2.75) is 6.92 Å². The summed E-state index contributed by atoms with van der Waals surface area (Å²) in [5.41, 5.74) is 6.88. The van der Waals surface area contributed by atoms with Gasteiger partial charge in [0.2, 0.25) is 0 Å². The Balaban J connectivity index is 2.21. The SMILES string of the molecule is Cc1coc(NC(=O)c2c(N)cnn2C)n1. The van der Waals surface area contributed by atoms with Crippen molar-refractivity contribution >= 4 is 17.6 Å². The number of hydrogen-bond donors (Lipinski definition) is 2. The number of aromatic nitrogens is 3. The molecule has 84 valence electrons. The molecule has 0 saturated carbocycles. The first-order valence-electron chi connectivity index (χ1n) is 4.59. The quantitative estimate of drug-likeness (QED) is 0.771. The molecule has 2 heterocycles. The lowest BCUT2D eigenvalue weighted by atomic mass is 10.3. The molecule has 7 heteroatoms. The first kappa shape index (κ1) is 10.2. The zero-order chi connectivity index (χ0) is 11.7. The number of hydrogen-bond acceptors (Lipinski definition) is 5. The van der Waals surface area contributed by atoms with Gasteiger partial charge in [0, 0.05) is 7.05 Å². The van der Waals surface area contributed by atoms with E-state index in [9.17, 15) is 4.79 Å². The Morgan fingerprint density at radius 1 is 1.62 bits per heavy atom. The van der Waals surface area contributed by atoms with Crippen LogP contribution in [0, 0.1) is 6.92 Å². The summed E-state index contributed by atoms with van der Waals surface area (Å²) in [7, 11) is 1.63. The van der Waals surface area contributed by atoms with Crippen molar-refractivity contribution in [3.8, 4) is 0 Å². The van der Waals surface area contributed by atoms with Crippen LogP contribution in [0.4, 0.5) is 11.7 Å². The maximum absolute atomic E-state index is 11.8. The number of nitrogens with two attached hydrogens (primary N) is 1. The molecule has 0 aliphatic heterocycles. The van der Waals surface area contributed by atoms with Crippen LogP contribution < -0.4 is 11.1 Å². The number of anilines is 2. The van der Waals surface area contributed by atoms with Gasteiger partial charge in [0.05, 0.1) is 17.6 Å². The first-order chi connectivity index (χ1) is 7.58. The highest BCUT2D eigenvalue weighted by Crippen LogP contribution is 2.13. The highest BCUT2D eigenvalue weighted by molar-refractivity contribution is 6.05. The molecule has 2 aromatic rings. The standard InChI is InChI=1S/C9H11N5O2/c1-5-4-16-9(12-5)13-8(15)7-6(10)3-11-14(7)2/h3-4H,10H2,1-2H3,(H,12,13,15). The third kappa shape index (κ3) is 1.74. The fourth-order valence-electron chi connectivity index (χ4n) is 1.30. The maximum atomic E-state index is 11.8. The summed E-state index contributed by atoms with van der Waals surface area (Å²) < 4.78 is 6.39. The number of carbonyl (C=O) groups is 1. The molecule has 3 N–H and O–H groups in total. The average molecular weight is 221 g/mol. The molecular formula is C9H11N5O2. The van der Waals surface area contributed by atoms with Gasteiger partial charge >= 0.3 is 6.01 Å². The van der Waals surface area contributed by atoms with Crippen LogP contribution in [0.3, 0.4) is 0 Å². The molecule has 0 atom stereocenters. The third-order valence-electron chi connectivity index (χ3n) is 2.02. The topological polar surface area (TPSA) is 99.0 Å². The maximum Gasteiger partial charge on any atom is 0.301 e. The fraction of sp³-hybridized carbons (Fsp3) is 0.222. The van der Waals surface area contributed by atoms with Crippen LogP contribution in [-0.2, 0) is 7.05 Å². The highest BCUT2D eigenvalue weighted by atomic mass is 16.4. The number of aryl methyl sites for hydroxylation is 2. The highest BCUT2D eigenvalue weighted by Gasteiger charge is 2.16. The largest absolute Gasteiger partial charge is 0.432 e. The summed E-state index contributed by atoms with van der Waals surface area (Å²) >= 11 is 0. The predicted octanol–water partition coefficient (Wildman–Crippen LogP) is 0.551. The number of nitrogens with one attached hydrogen (secondary N) is 1. The summed E-state index contributed by atoms with van der Waals surface area (Å²) in [6.45, 7) is 1.76. The summed E-state index contributed by atoms with van der Waals surface area (Å²) in [6, 6.07) is 0.142. The van der Waals surface area contributed by atoms with Gasteiger partial charge in [0.15, 0.2) is 0 Å². The Kier molecular flexibility index (Phi) is 2.35. The number of amides is 1. The van der Waals surface area contributed by atoms with Gasteiger partial charge in [-0.25, -0.2) is 0 Å². The Labute approximate surface area is 91.3 Å². The van der Waals surface area contributed by atoms with Crippen molar-refractivity contribution in [1.29, 1.82) is 0 Å². The van der Waals surface area contributed by atoms with E-state index in [1.54, 1.807) is 14.0 Å². The molecular weight excluding hydrogens is 210 g/mol. The number of carbonyl (C=O) groups excluding carboxylic acids is 1. The molecule has 0 saturated heterocycles. The zero-order valence-corrected chi connectivity index (χ0v) is 8.89. The molecule has 0 aliphatic carbocycles. The number of rotatable bonds is 2. The van der Waals surface area contributed by atoms with E-state index in [0.29, 0.717) is 11.4 Å². The summed E-state index contributed by atoms with van der Waals surface area (Å²) in [6.07, 6.45) is 2.86. The van der Waals surface area contributed by atoms with Crippen molar-refractivity contribution in [2.75, 3.05) is 11.1 Å². The Morgan fingerprint density at radius 2 is 2.38 bits per heavy atom. The molecule has 7 nitrogen and oxygen atoms in total. The molecule has 0 bridgehead atoms. The van der Waals surface area contributed by atoms with Crippen LogP contribution in [0.5, 0.6) is 0 Å². The molecule has 1 amide bonds. The minimum absolute atomic E-state index is 0.142. The van der Waals surface area contributed by atoms with Crippen molar-refractivity contribution in [3.63, 3.8) is 0 Å². The monoisotopic (exact) mass is 221 g/mol. The molecule has 0 radical (unpaired) electrons. The number of oxazole rings is 1. The van der Waals surface area contributed by atoms with Crippen LogP contribution in [0.2, 0.25) is 0 Å². The zero-order valence-electron chi connectivity index (χ0n) is 8.89. The molecule has 16 heavy (non-hydrogen) atoms. The lowest BCUT2D eigenvalue weighted by Gasteiger charge is -2.02. The van der Waals surface area contributed by atoms with Gasteiger partial charge in [-0.3, -0.25) is 14.8 Å². The normalized spacial score (nSPS) is 10.4. The first-order valence-corrected chi connectivity index (χ1v) is 4.59. The van der Waals surface area contributed by atoms with Crippen molar-refractivity contribution in [1.82, 2.24) is 14.8 Å². The molecule has 2 rings (SSSR count). The van der Waals surface area contributed by atoms with E-state index >= 15 is 0 Å². The third-order valence-corrected chi connectivity index (χ3v) is 2.02. The van der Waals surface area contributed by atoms with E-state index in [0.717, 1.165) is 0 Å². The van der Waals surface area contributed by atoms with Gasteiger partial charge in [0.25, 0.3) is 5.91 Å². The lowest BCUT2D eigenvalue weighted by molar-refractivity contribution is 0.101. The summed E-state index contributed by atoms with van der Waals surface area (Å²) in [4.78, 5) is 15.7. The van der Waals surface area contributed by atoms with Crippen LogP contribution in [0.1, 0.15) is 16.2 Å². The molecule has 0 aliphatic rings. The van der Waals surface area contributed by atoms with E-state index in [1.165, 1.54) is 17.1 Å². The van der Waals surface area contributed by atoms with Crippen molar-refractivity contribution in [3.05, 3.63) is 23.8 Å².